The second kappa shape index (κ2) is 7.68. The Balaban J connectivity index is 1.52. The fraction of sp³-hybridized carbons (Fsp3) is 0.348. The molecule has 8 heteroatoms. The molecule has 162 valence electrons. The smallest absolute Gasteiger partial charge is 0.270 e. The summed E-state index contributed by atoms with van der Waals surface area (Å²) in [5.41, 5.74) is 0.457. The number of fused-ring (bicyclic) bond motifs is 1. The molecule has 0 radical (unpaired) electrons. The van der Waals surface area contributed by atoms with E-state index < -0.39 is 17.5 Å². The van der Waals surface area contributed by atoms with Gasteiger partial charge >= 0.3 is 0 Å². The number of anilines is 2. The number of halogens is 1. The van der Waals surface area contributed by atoms with Crippen molar-refractivity contribution in [1.82, 2.24) is 4.90 Å². The lowest BCUT2D eigenvalue weighted by molar-refractivity contribution is -0.133. The zero-order chi connectivity index (χ0) is 22.3. The third kappa shape index (κ3) is 3.85. The largest absolute Gasteiger partial charge is 0.476 e. The molecule has 2 heterocycles. The maximum atomic E-state index is 14.0. The minimum absolute atomic E-state index is 0.0397. The first-order valence-electron chi connectivity index (χ1n) is 10.1. The highest BCUT2D eigenvalue weighted by Gasteiger charge is 2.40. The van der Waals surface area contributed by atoms with E-state index in [4.69, 9.17) is 4.74 Å². The number of carbonyl (C=O) groups is 3. The van der Waals surface area contributed by atoms with Crippen LogP contribution in [-0.4, -0.2) is 41.3 Å². The van der Waals surface area contributed by atoms with E-state index >= 15 is 0 Å². The van der Waals surface area contributed by atoms with Crippen LogP contribution in [0.1, 0.15) is 32.3 Å². The van der Waals surface area contributed by atoms with Crippen LogP contribution in [0.4, 0.5) is 15.8 Å². The molecule has 2 aliphatic heterocycles. The molecule has 1 fully saturated rings. The number of likely N-dealkylation sites (N-methyl/N-ethyl adjacent to an activating group) is 1. The summed E-state index contributed by atoms with van der Waals surface area (Å²) in [6.07, 6.45) is 0.603. The lowest BCUT2D eigenvalue weighted by Crippen LogP contribution is -2.50. The number of nitrogens with zero attached hydrogens (tertiary/aromatic N) is 2. The Kier molecular flexibility index (Phi) is 5.16. The van der Waals surface area contributed by atoms with Gasteiger partial charge in [0, 0.05) is 37.3 Å². The van der Waals surface area contributed by atoms with Crippen molar-refractivity contribution in [3.05, 3.63) is 53.8 Å². The van der Waals surface area contributed by atoms with Gasteiger partial charge in [0.1, 0.15) is 17.6 Å². The van der Waals surface area contributed by atoms with Crippen LogP contribution in [0.2, 0.25) is 0 Å². The minimum Gasteiger partial charge on any atom is -0.476 e. The van der Waals surface area contributed by atoms with E-state index in [1.807, 2.05) is 0 Å². The average molecular weight is 425 g/mol. The molecule has 2 aliphatic rings. The number of likely N-dealkylation sites (tertiary alicyclic amines) is 1. The molecular formula is C23H24FN3O4. The molecule has 7 nitrogen and oxygen atoms in total. The van der Waals surface area contributed by atoms with Crippen molar-refractivity contribution in [2.24, 2.45) is 0 Å². The Morgan fingerprint density at radius 3 is 2.71 bits per heavy atom. The summed E-state index contributed by atoms with van der Waals surface area (Å²) in [5, 5.41) is 2.83. The van der Waals surface area contributed by atoms with E-state index in [9.17, 15) is 18.8 Å². The van der Waals surface area contributed by atoms with Gasteiger partial charge in [0.25, 0.3) is 5.91 Å². The van der Waals surface area contributed by atoms with Crippen molar-refractivity contribution in [2.75, 3.05) is 17.3 Å². The number of ether oxygens (including phenoxy) is 1. The van der Waals surface area contributed by atoms with E-state index in [1.165, 1.54) is 15.9 Å². The maximum absolute atomic E-state index is 14.0. The number of amides is 3. The Morgan fingerprint density at radius 1 is 1.23 bits per heavy atom. The highest BCUT2D eigenvalue weighted by atomic mass is 19.1. The Morgan fingerprint density at radius 2 is 1.97 bits per heavy atom. The predicted molar refractivity (Wildman–Crippen MR) is 113 cm³/mol. The van der Waals surface area contributed by atoms with Crippen LogP contribution >= 0.6 is 0 Å². The van der Waals surface area contributed by atoms with Crippen LogP contribution < -0.4 is 15.0 Å². The van der Waals surface area contributed by atoms with Crippen LogP contribution in [0.25, 0.3) is 0 Å². The molecule has 1 saturated heterocycles. The summed E-state index contributed by atoms with van der Waals surface area (Å²) >= 11 is 0. The molecule has 1 unspecified atom stereocenters. The van der Waals surface area contributed by atoms with E-state index in [2.05, 4.69) is 5.32 Å². The molecule has 31 heavy (non-hydrogen) atoms. The standard InChI is InChI=1S/C23H24FN3O4/c1-23(2)22(30)26(3)17-9-8-15(12-19(17)31-23)25-21(29)18-10-11-20(28)27(18)13-14-6-4-5-7-16(14)24/h4-9,12,18H,10-11,13H2,1-3H3,(H,25,29). The Labute approximate surface area is 179 Å². The molecule has 2 aromatic rings. The first kappa shape index (κ1) is 20.8. The van der Waals surface area contributed by atoms with Crippen molar-refractivity contribution >= 4 is 29.1 Å². The van der Waals surface area contributed by atoms with Gasteiger partial charge in [0.15, 0.2) is 5.60 Å². The van der Waals surface area contributed by atoms with Gasteiger partial charge in [-0.15, -0.1) is 0 Å². The van der Waals surface area contributed by atoms with Crippen molar-refractivity contribution in [1.29, 1.82) is 0 Å². The summed E-state index contributed by atoms with van der Waals surface area (Å²) in [4.78, 5) is 40.6. The monoisotopic (exact) mass is 425 g/mol. The van der Waals surface area contributed by atoms with E-state index in [-0.39, 0.29) is 30.7 Å². The molecule has 0 aliphatic carbocycles. The van der Waals surface area contributed by atoms with Gasteiger partial charge in [0.05, 0.1) is 5.69 Å². The number of carbonyl (C=O) groups excluding carboxylic acids is 3. The molecule has 1 atom stereocenters. The lowest BCUT2D eigenvalue weighted by atomic mass is 10.0. The first-order valence-corrected chi connectivity index (χ1v) is 10.1. The fourth-order valence-electron chi connectivity index (χ4n) is 4.02. The third-order valence-electron chi connectivity index (χ3n) is 5.70. The van der Waals surface area contributed by atoms with Crippen molar-refractivity contribution in [3.63, 3.8) is 0 Å². The first-order chi connectivity index (χ1) is 14.7. The Bertz CT molecular complexity index is 1070. The summed E-state index contributed by atoms with van der Waals surface area (Å²) in [6, 6.07) is 10.6. The van der Waals surface area contributed by atoms with Gasteiger partial charge in [-0.05, 0) is 38.5 Å². The van der Waals surface area contributed by atoms with Gasteiger partial charge < -0.3 is 19.9 Å². The normalized spacial score (nSPS) is 19.8. The third-order valence-corrected chi connectivity index (χ3v) is 5.70. The molecule has 1 N–H and O–H groups in total. The molecular weight excluding hydrogens is 401 g/mol. The van der Waals surface area contributed by atoms with Gasteiger partial charge in [0.2, 0.25) is 11.8 Å². The molecule has 0 saturated carbocycles. The van der Waals surface area contributed by atoms with E-state index in [0.717, 1.165) is 0 Å². The summed E-state index contributed by atoms with van der Waals surface area (Å²) in [5.74, 6) is -0.615. The molecule has 0 aromatic heterocycles. The molecule has 0 bridgehead atoms. The SMILES string of the molecule is CN1C(=O)C(C)(C)Oc2cc(NC(=O)C3CCC(=O)N3Cc3ccccc3F)ccc21. The van der Waals surface area contributed by atoms with Crippen molar-refractivity contribution in [3.8, 4) is 5.75 Å². The highest BCUT2D eigenvalue weighted by Crippen LogP contribution is 2.38. The van der Waals surface area contributed by atoms with Crippen LogP contribution in [-0.2, 0) is 20.9 Å². The van der Waals surface area contributed by atoms with Gasteiger partial charge in [-0.25, -0.2) is 4.39 Å². The van der Waals surface area contributed by atoms with Crippen molar-refractivity contribution in [2.45, 2.75) is 44.9 Å². The zero-order valence-electron chi connectivity index (χ0n) is 17.6. The number of benzene rings is 2. The molecule has 4 rings (SSSR count). The van der Waals surface area contributed by atoms with Gasteiger partial charge in [-0.1, -0.05) is 18.2 Å². The molecule has 2 aromatic carbocycles. The second-order valence-corrected chi connectivity index (χ2v) is 8.32. The summed E-state index contributed by atoms with van der Waals surface area (Å²) in [7, 11) is 1.68. The Hall–Kier alpha value is -3.42. The minimum atomic E-state index is -1.02. The highest BCUT2D eigenvalue weighted by molar-refractivity contribution is 6.03. The quantitative estimate of drug-likeness (QED) is 0.817. The van der Waals surface area contributed by atoms with E-state index in [0.29, 0.717) is 29.1 Å². The number of rotatable bonds is 4. The van der Waals surface area contributed by atoms with E-state index in [1.54, 1.807) is 57.3 Å². The zero-order valence-corrected chi connectivity index (χ0v) is 17.6. The van der Waals surface area contributed by atoms with Gasteiger partial charge in [-0.2, -0.15) is 0 Å². The number of hydrogen-bond acceptors (Lipinski definition) is 4. The fourth-order valence-corrected chi connectivity index (χ4v) is 4.02. The average Bonchev–Trinajstić information content (AvgIpc) is 3.08. The second-order valence-electron chi connectivity index (χ2n) is 8.32. The predicted octanol–water partition coefficient (Wildman–Crippen LogP) is 3.09. The lowest BCUT2D eigenvalue weighted by Gasteiger charge is -2.37. The summed E-state index contributed by atoms with van der Waals surface area (Å²) in [6.45, 7) is 3.41. The van der Waals surface area contributed by atoms with Crippen LogP contribution in [0.3, 0.4) is 0 Å². The molecule has 3 amide bonds. The number of nitrogens with one attached hydrogen (secondary N) is 1. The van der Waals surface area contributed by atoms with Crippen LogP contribution in [0.5, 0.6) is 5.75 Å². The topological polar surface area (TPSA) is 79.0 Å². The number of hydrogen-bond donors (Lipinski definition) is 1. The van der Waals surface area contributed by atoms with Crippen molar-refractivity contribution < 1.29 is 23.5 Å². The van der Waals surface area contributed by atoms with Crippen LogP contribution in [0, 0.1) is 5.82 Å². The van der Waals surface area contributed by atoms with Gasteiger partial charge in [-0.3, -0.25) is 14.4 Å². The summed E-state index contributed by atoms with van der Waals surface area (Å²) < 4.78 is 19.9. The maximum Gasteiger partial charge on any atom is 0.270 e. The van der Waals surface area contributed by atoms with Crippen LogP contribution in [0.15, 0.2) is 42.5 Å². The molecule has 0 spiro atoms.